The van der Waals surface area contributed by atoms with E-state index in [2.05, 4.69) is 29.6 Å². The Morgan fingerprint density at radius 3 is 2.65 bits per heavy atom. The first-order chi connectivity index (χ1) is 10.7. The summed E-state index contributed by atoms with van der Waals surface area (Å²) in [5.74, 6) is 0.694. The molecule has 7 nitrogen and oxygen atoms in total. The zero-order valence-corrected chi connectivity index (χ0v) is 15.5. The van der Waals surface area contributed by atoms with Crippen molar-refractivity contribution in [3.63, 3.8) is 0 Å². The Kier molecular flexibility index (Phi) is 5.05. The lowest BCUT2D eigenvalue weighted by atomic mass is 10.2. The largest absolute Gasteiger partial charge is 0.384 e. The highest BCUT2D eigenvalue weighted by atomic mass is 28.3. The van der Waals surface area contributed by atoms with Crippen LogP contribution in [-0.2, 0) is 18.5 Å². The average molecular weight is 335 g/mol. The van der Waals surface area contributed by atoms with E-state index < -0.39 is 8.07 Å². The van der Waals surface area contributed by atoms with Crippen molar-refractivity contribution in [2.45, 2.75) is 39.3 Å². The van der Waals surface area contributed by atoms with Gasteiger partial charge in [0.15, 0.2) is 5.82 Å². The van der Waals surface area contributed by atoms with E-state index in [0.29, 0.717) is 30.5 Å². The normalized spacial score (nSPS) is 11.9. The molecule has 8 heteroatoms. The molecule has 0 amide bonds. The highest BCUT2D eigenvalue weighted by molar-refractivity contribution is 6.76. The number of ether oxygens (including phenoxy) is 1. The molecule has 0 aliphatic heterocycles. The first-order valence-electron chi connectivity index (χ1n) is 7.64. The molecule has 2 N–H and O–H groups in total. The van der Waals surface area contributed by atoms with Gasteiger partial charge in [-0.15, -0.1) is 0 Å². The van der Waals surface area contributed by atoms with E-state index in [4.69, 9.17) is 10.5 Å². The highest BCUT2D eigenvalue weighted by Gasteiger charge is 2.19. The molecule has 126 valence electrons. The Balaban J connectivity index is 2.23. The van der Waals surface area contributed by atoms with Gasteiger partial charge in [0.05, 0.1) is 5.69 Å². The summed E-state index contributed by atoms with van der Waals surface area (Å²) in [6.45, 7) is 9.83. The van der Waals surface area contributed by atoms with E-state index in [1.807, 2.05) is 6.92 Å². The van der Waals surface area contributed by atoms with Crippen molar-refractivity contribution in [2.75, 3.05) is 12.3 Å². The maximum atomic E-state index is 12.5. The molecule has 0 saturated carbocycles. The van der Waals surface area contributed by atoms with Gasteiger partial charge in [0.25, 0.3) is 5.56 Å². The fourth-order valence-electron chi connectivity index (χ4n) is 2.24. The van der Waals surface area contributed by atoms with Crippen molar-refractivity contribution in [2.24, 2.45) is 7.05 Å². The van der Waals surface area contributed by atoms with Gasteiger partial charge in [0, 0.05) is 27.9 Å². The van der Waals surface area contributed by atoms with E-state index in [9.17, 15) is 4.79 Å². The number of nitrogens with two attached hydrogens (primary N) is 1. The second-order valence-corrected chi connectivity index (χ2v) is 12.5. The first kappa shape index (κ1) is 17.4. The SMILES string of the molecule is Cc1c(-c2nccc(N)n2)c(=O)n(C)n1COCC[Si](C)(C)C. The number of rotatable bonds is 6. The van der Waals surface area contributed by atoms with Crippen molar-refractivity contribution in [3.05, 3.63) is 28.3 Å². The molecule has 0 spiro atoms. The number of nitrogens with zero attached hydrogens (tertiary/aromatic N) is 4. The smallest absolute Gasteiger partial charge is 0.277 e. The predicted molar refractivity (Wildman–Crippen MR) is 94.0 cm³/mol. The second kappa shape index (κ2) is 6.67. The molecule has 23 heavy (non-hydrogen) atoms. The van der Waals surface area contributed by atoms with Gasteiger partial charge < -0.3 is 10.5 Å². The van der Waals surface area contributed by atoms with Crippen LogP contribution in [0.25, 0.3) is 11.4 Å². The summed E-state index contributed by atoms with van der Waals surface area (Å²) in [4.78, 5) is 20.8. The number of hydrogen-bond donors (Lipinski definition) is 1. The summed E-state index contributed by atoms with van der Waals surface area (Å²) in [7, 11) is 0.591. The summed E-state index contributed by atoms with van der Waals surface area (Å²) >= 11 is 0. The van der Waals surface area contributed by atoms with Gasteiger partial charge in [0.1, 0.15) is 18.1 Å². The van der Waals surface area contributed by atoms with Gasteiger partial charge in [-0.3, -0.25) is 14.2 Å². The lowest BCUT2D eigenvalue weighted by Gasteiger charge is -2.16. The van der Waals surface area contributed by atoms with Crippen LogP contribution in [0.4, 0.5) is 5.82 Å². The Labute approximate surface area is 137 Å². The minimum absolute atomic E-state index is 0.151. The summed E-state index contributed by atoms with van der Waals surface area (Å²) in [6, 6.07) is 2.69. The van der Waals surface area contributed by atoms with E-state index in [1.54, 1.807) is 24.0 Å². The zero-order valence-electron chi connectivity index (χ0n) is 14.5. The van der Waals surface area contributed by atoms with Crippen LogP contribution in [0.15, 0.2) is 17.1 Å². The van der Waals surface area contributed by atoms with E-state index in [-0.39, 0.29) is 5.56 Å². The van der Waals surface area contributed by atoms with Crippen molar-refractivity contribution in [1.29, 1.82) is 0 Å². The molecule has 0 aliphatic carbocycles. The van der Waals surface area contributed by atoms with E-state index >= 15 is 0 Å². The molecule has 0 atom stereocenters. The van der Waals surface area contributed by atoms with Crippen LogP contribution < -0.4 is 11.3 Å². The number of aromatic nitrogens is 4. The standard InChI is InChI=1S/C15H25N5O2Si/c1-11-13(14-17-7-6-12(16)18-14)15(21)19(2)20(11)10-22-8-9-23(3,4)5/h6-7H,8-10H2,1-5H3,(H2,16,17,18). The molecular formula is C15H25N5O2Si. The molecule has 0 aliphatic rings. The minimum Gasteiger partial charge on any atom is -0.384 e. The van der Waals surface area contributed by atoms with Crippen molar-refractivity contribution in [1.82, 2.24) is 19.3 Å². The van der Waals surface area contributed by atoms with Crippen molar-refractivity contribution < 1.29 is 4.74 Å². The molecular weight excluding hydrogens is 310 g/mol. The number of nitrogen functional groups attached to an aromatic ring is 1. The van der Waals surface area contributed by atoms with Gasteiger partial charge in [-0.25, -0.2) is 9.97 Å². The molecule has 2 aromatic heterocycles. The fraction of sp³-hybridized carbons (Fsp3) is 0.533. The van der Waals surface area contributed by atoms with Gasteiger partial charge in [-0.1, -0.05) is 19.6 Å². The maximum absolute atomic E-state index is 12.5. The highest BCUT2D eigenvalue weighted by Crippen LogP contribution is 2.17. The lowest BCUT2D eigenvalue weighted by Crippen LogP contribution is -2.24. The Morgan fingerprint density at radius 1 is 1.35 bits per heavy atom. The Bertz CT molecular complexity index is 745. The topological polar surface area (TPSA) is 88.0 Å². The summed E-state index contributed by atoms with van der Waals surface area (Å²) < 4.78 is 9.09. The fourth-order valence-corrected chi connectivity index (χ4v) is 3.00. The lowest BCUT2D eigenvalue weighted by molar-refractivity contribution is 0.0687. The maximum Gasteiger partial charge on any atom is 0.277 e. The number of hydrogen-bond acceptors (Lipinski definition) is 5. The monoisotopic (exact) mass is 335 g/mol. The van der Waals surface area contributed by atoms with Gasteiger partial charge in [-0.2, -0.15) is 0 Å². The summed E-state index contributed by atoms with van der Waals surface area (Å²) in [5.41, 5.74) is 6.78. The van der Waals surface area contributed by atoms with Crippen LogP contribution in [0, 0.1) is 6.92 Å². The number of anilines is 1. The zero-order chi connectivity index (χ0) is 17.2. The molecule has 2 rings (SSSR count). The van der Waals surface area contributed by atoms with E-state index in [1.165, 1.54) is 4.68 Å². The Hall–Kier alpha value is -1.93. The molecule has 2 aromatic rings. The van der Waals surface area contributed by atoms with Gasteiger partial charge >= 0.3 is 0 Å². The molecule has 0 radical (unpaired) electrons. The van der Waals surface area contributed by atoms with Crippen LogP contribution in [0.2, 0.25) is 25.7 Å². The predicted octanol–water partition coefficient (Wildman–Crippen LogP) is 1.85. The summed E-state index contributed by atoms with van der Waals surface area (Å²) in [6.07, 6.45) is 1.55. The summed E-state index contributed by atoms with van der Waals surface area (Å²) in [5, 5.41) is 0. The molecule has 0 saturated heterocycles. The third kappa shape index (κ3) is 4.08. The van der Waals surface area contributed by atoms with Gasteiger partial charge in [-0.05, 0) is 19.0 Å². The van der Waals surface area contributed by atoms with E-state index in [0.717, 1.165) is 11.7 Å². The first-order valence-corrected chi connectivity index (χ1v) is 11.3. The third-order valence-corrected chi connectivity index (χ3v) is 5.43. The van der Waals surface area contributed by atoms with Crippen molar-refractivity contribution >= 4 is 13.9 Å². The van der Waals surface area contributed by atoms with Crippen LogP contribution in [0.5, 0.6) is 0 Å². The minimum atomic E-state index is -1.12. The second-order valence-electron chi connectivity index (χ2n) is 6.84. The molecule has 0 bridgehead atoms. The average Bonchev–Trinajstić information content (AvgIpc) is 2.65. The van der Waals surface area contributed by atoms with Crippen LogP contribution >= 0.6 is 0 Å². The van der Waals surface area contributed by atoms with Crippen LogP contribution in [0.3, 0.4) is 0 Å². The third-order valence-electron chi connectivity index (χ3n) is 3.73. The quantitative estimate of drug-likeness (QED) is 0.643. The molecule has 0 unspecified atom stereocenters. The Morgan fingerprint density at radius 2 is 2.04 bits per heavy atom. The van der Waals surface area contributed by atoms with Crippen LogP contribution in [-0.4, -0.2) is 34.0 Å². The van der Waals surface area contributed by atoms with Gasteiger partial charge in [0.2, 0.25) is 0 Å². The van der Waals surface area contributed by atoms with Crippen LogP contribution in [0.1, 0.15) is 5.69 Å². The molecule has 0 aromatic carbocycles. The molecule has 0 fully saturated rings. The van der Waals surface area contributed by atoms with Crippen molar-refractivity contribution in [3.8, 4) is 11.4 Å². The molecule has 2 heterocycles.